The van der Waals surface area contributed by atoms with E-state index >= 15 is 0 Å². The summed E-state index contributed by atoms with van der Waals surface area (Å²) in [7, 11) is 0. The van der Waals surface area contributed by atoms with Crippen LogP contribution in [0.25, 0.3) is 0 Å². The van der Waals surface area contributed by atoms with Crippen molar-refractivity contribution in [2.45, 2.75) is 37.8 Å². The van der Waals surface area contributed by atoms with Gasteiger partial charge in [0, 0.05) is 19.4 Å². The monoisotopic (exact) mass is 380 g/mol. The zero-order valence-corrected chi connectivity index (χ0v) is 14.8. The number of nitro groups is 1. The first-order valence-electron chi connectivity index (χ1n) is 8.27. The Morgan fingerprint density at radius 3 is 2.37 bits per heavy atom. The van der Waals surface area contributed by atoms with Gasteiger partial charge in [0.15, 0.2) is 11.0 Å². The molecule has 0 aromatic heterocycles. The fraction of sp³-hybridized carbons (Fsp3) is 0.438. The standard InChI is InChI=1S/C16H24N6O5/c17-15(18)20-11-5-10-16(19,14(24)25)21(22(26)27)13(23)9-4-8-12-6-2-1-3-7-12/h1-3,6-7H,4-5,8-11,19H2,(H,24,25)(H4,17,18,20)/t16-/m0/s1. The van der Waals surface area contributed by atoms with E-state index in [1.165, 1.54) is 0 Å². The topological polar surface area (TPSA) is 191 Å². The third-order valence-electron chi connectivity index (χ3n) is 3.86. The minimum atomic E-state index is -2.49. The van der Waals surface area contributed by atoms with Crippen molar-refractivity contribution >= 4 is 17.8 Å². The van der Waals surface area contributed by atoms with Crippen molar-refractivity contribution in [2.24, 2.45) is 22.2 Å². The van der Waals surface area contributed by atoms with Crippen LogP contribution in [0.15, 0.2) is 35.3 Å². The smallest absolute Gasteiger partial charge is 0.351 e. The molecule has 0 saturated carbocycles. The highest BCUT2D eigenvalue weighted by molar-refractivity contribution is 5.85. The van der Waals surface area contributed by atoms with Gasteiger partial charge < -0.3 is 16.6 Å². The van der Waals surface area contributed by atoms with Crippen molar-refractivity contribution in [3.8, 4) is 0 Å². The van der Waals surface area contributed by atoms with Crippen LogP contribution >= 0.6 is 0 Å². The molecule has 7 N–H and O–H groups in total. The molecule has 0 heterocycles. The third-order valence-corrected chi connectivity index (χ3v) is 3.86. The summed E-state index contributed by atoms with van der Waals surface area (Å²) in [4.78, 5) is 39.0. The van der Waals surface area contributed by atoms with Crippen molar-refractivity contribution < 1.29 is 19.7 Å². The minimum absolute atomic E-state index is 0.00412. The molecule has 0 saturated heterocycles. The molecule has 1 atom stereocenters. The molecule has 1 aromatic rings. The maximum atomic E-state index is 12.3. The van der Waals surface area contributed by atoms with Crippen LogP contribution in [-0.2, 0) is 16.0 Å². The number of guanidine groups is 1. The number of carboxylic acid groups (broad SMARTS) is 1. The van der Waals surface area contributed by atoms with Crippen LogP contribution in [0.1, 0.15) is 31.2 Å². The zero-order valence-electron chi connectivity index (χ0n) is 14.8. The minimum Gasteiger partial charge on any atom is -0.478 e. The van der Waals surface area contributed by atoms with E-state index in [4.69, 9.17) is 17.2 Å². The summed E-state index contributed by atoms with van der Waals surface area (Å²) in [6, 6.07) is 9.26. The number of carbonyl (C=O) groups is 2. The molecule has 0 unspecified atom stereocenters. The number of carbonyl (C=O) groups excluding carboxylic acids is 1. The lowest BCUT2D eigenvalue weighted by atomic mass is 10.0. The summed E-state index contributed by atoms with van der Waals surface area (Å²) < 4.78 is 0. The van der Waals surface area contributed by atoms with Gasteiger partial charge in [0.1, 0.15) is 0 Å². The fourth-order valence-electron chi connectivity index (χ4n) is 2.51. The number of rotatable bonds is 11. The van der Waals surface area contributed by atoms with Crippen molar-refractivity contribution in [1.82, 2.24) is 5.01 Å². The number of hydrogen-bond acceptors (Lipinski definition) is 6. The fourth-order valence-corrected chi connectivity index (χ4v) is 2.51. The maximum Gasteiger partial charge on any atom is 0.351 e. The lowest BCUT2D eigenvalue weighted by molar-refractivity contribution is -0.650. The number of aryl methyl sites for hydroxylation is 1. The SMILES string of the molecule is NC(N)=NCCC[C@@](N)(C(=O)O)N(C(=O)CCCc1ccccc1)[N+](=O)[O-]. The predicted molar refractivity (Wildman–Crippen MR) is 97.7 cm³/mol. The van der Waals surface area contributed by atoms with E-state index in [1.807, 2.05) is 30.3 Å². The quantitative estimate of drug-likeness (QED) is 0.101. The average Bonchev–Trinajstić information content (AvgIpc) is 2.59. The van der Waals surface area contributed by atoms with Crippen molar-refractivity contribution in [2.75, 3.05) is 6.54 Å². The van der Waals surface area contributed by atoms with Gasteiger partial charge in [-0.15, -0.1) is 0 Å². The molecule has 0 radical (unpaired) electrons. The first-order valence-corrected chi connectivity index (χ1v) is 8.27. The highest BCUT2D eigenvalue weighted by atomic mass is 16.7. The molecule has 1 aromatic carbocycles. The first kappa shape index (κ1) is 21.8. The maximum absolute atomic E-state index is 12.3. The first-order chi connectivity index (χ1) is 12.7. The zero-order chi connectivity index (χ0) is 20.4. The van der Waals surface area contributed by atoms with Gasteiger partial charge in [0.05, 0.1) is 0 Å². The van der Waals surface area contributed by atoms with Crippen molar-refractivity contribution in [3.63, 3.8) is 0 Å². The molecule has 148 valence electrons. The Bertz CT molecular complexity index is 692. The van der Waals surface area contributed by atoms with Gasteiger partial charge in [-0.25, -0.2) is 14.9 Å². The van der Waals surface area contributed by atoms with Gasteiger partial charge in [-0.1, -0.05) is 30.3 Å². The van der Waals surface area contributed by atoms with Crippen molar-refractivity contribution in [3.05, 3.63) is 46.0 Å². The normalized spacial score (nSPS) is 12.6. The van der Waals surface area contributed by atoms with Gasteiger partial charge in [-0.2, -0.15) is 0 Å². The average molecular weight is 380 g/mol. The summed E-state index contributed by atoms with van der Waals surface area (Å²) in [5.74, 6) is -2.85. The molecule has 0 spiro atoms. The van der Waals surface area contributed by atoms with E-state index < -0.39 is 22.6 Å². The number of aliphatic imine (C=N–C) groups is 1. The molecular weight excluding hydrogens is 356 g/mol. The number of aliphatic carboxylic acids is 1. The highest BCUT2D eigenvalue weighted by Gasteiger charge is 2.50. The van der Waals surface area contributed by atoms with Crippen LogP contribution in [0.2, 0.25) is 0 Å². The largest absolute Gasteiger partial charge is 0.478 e. The number of hydrazine groups is 1. The van der Waals surface area contributed by atoms with E-state index in [0.717, 1.165) is 5.56 Å². The lowest BCUT2D eigenvalue weighted by Crippen LogP contribution is -2.65. The van der Waals surface area contributed by atoms with E-state index in [1.54, 1.807) is 0 Å². The van der Waals surface area contributed by atoms with E-state index in [2.05, 4.69) is 4.99 Å². The second-order valence-electron chi connectivity index (χ2n) is 5.92. The predicted octanol–water partition coefficient (Wildman–Crippen LogP) is -0.177. The number of amides is 1. The number of nitrogens with zero attached hydrogens (tertiary/aromatic N) is 3. The Hall–Kier alpha value is -3.21. The molecule has 0 bridgehead atoms. The summed E-state index contributed by atoms with van der Waals surface area (Å²) in [5.41, 5.74) is 14.5. The molecule has 11 heteroatoms. The van der Waals surface area contributed by atoms with Crippen molar-refractivity contribution in [1.29, 1.82) is 0 Å². The highest BCUT2D eigenvalue weighted by Crippen LogP contribution is 2.19. The molecule has 27 heavy (non-hydrogen) atoms. The Morgan fingerprint density at radius 2 is 1.85 bits per heavy atom. The number of carboxylic acids is 1. The Kier molecular flexibility index (Phi) is 8.14. The molecule has 0 aliphatic rings. The second-order valence-corrected chi connectivity index (χ2v) is 5.92. The lowest BCUT2D eigenvalue weighted by Gasteiger charge is -2.29. The van der Waals surface area contributed by atoms with E-state index in [9.17, 15) is 24.8 Å². The van der Waals surface area contributed by atoms with Crippen LogP contribution in [0.4, 0.5) is 0 Å². The summed E-state index contributed by atoms with van der Waals surface area (Å²) >= 11 is 0. The summed E-state index contributed by atoms with van der Waals surface area (Å²) in [5, 5.41) is 19.7. The number of nitrogens with two attached hydrogens (primary N) is 3. The molecule has 0 aliphatic heterocycles. The third kappa shape index (κ3) is 6.55. The molecule has 0 aliphatic carbocycles. The van der Waals surface area contributed by atoms with E-state index in [-0.39, 0.29) is 36.8 Å². The Balaban J connectivity index is 2.80. The van der Waals surface area contributed by atoms with Gasteiger partial charge in [0.2, 0.25) is 0 Å². The van der Waals surface area contributed by atoms with Gasteiger partial charge >= 0.3 is 5.97 Å². The van der Waals surface area contributed by atoms with Crippen LogP contribution in [0.3, 0.4) is 0 Å². The number of hydrogen-bond donors (Lipinski definition) is 4. The van der Waals surface area contributed by atoms with Crippen LogP contribution in [0, 0.1) is 10.1 Å². The summed E-state index contributed by atoms with van der Waals surface area (Å²) in [6.45, 7) is 0.0301. The molecule has 1 rings (SSSR count). The van der Waals surface area contributed by atoms with Crippen LogP contribution in [-0.4, -0.2) is 45.2 Å². The van der Waals surface area contributed by atoms with E-state index in [0.29, 0.717) is 12.8 Å². The Morgan fingerprint density at radius 1 is 1.22 bits per heavy atom. The number of benzene rings is 1. The molecule has 1 amide bonds. The molecular formula is C16H24N6O5. The Labute approximate surface area is 155 Å². The molecule has 0 fully saturated rings. The van der Waals surface area contributed by atoms with Crippen LogP contribution < -0.4 is 17.2 Å². The van der Waals surface area contributed by atoms with Gasteiger partial charge in [0.25, 0.3) is 11.6 Å². The van der Waals surface area contributed by atoms with Gasteiger partial charge in [-0.3, -0.25) is 15.5 Å². The summed E-state index contributed by atoms with van der Waals surface area (Å²) in [6.07, 6.45) is 0.285. The van der Waals surface area contributed by atoms with Gasteiger partial charge in [-0.05, 0) is 29.8 Å². The molecule has 11 nitrogen and oxygen atoms in total. The second kappa shape index (κ2) is 10.1. The van der Waals surface area contributed by atoms with Crippen LogP contribution in [0.5, 0.6) is 0 Å².